The van der Waals surface area contributed by atoms with Gasteiger partial charge in [0.1, 0.15) is 10.6 Å². The summed E-state index contributed by atoms with van der Waals surface area (Å²) in [5.41, 5.74) is 0.337. The van der Waals surface area contributed by atoms with Gasteiger partial charge in [-0.1, -0.05) is 25.4 Å². The molecule has 1 aromatic rings. The highest BCUT2D eigenvalue weighted by molar-refractivity contribution is 7.89. The van der Waals surface area contributed by atoms with E-state index in [2.05, 4.69) is 4.72 Å². The summed E-state index contributed by atoms with van der Waals surface area (Å²) in [5.74, 6) is 0.515. The zero-order valence-electron chi connectivity index (χ0n) is 11.8. The summed E-state index contributed by atoms with van der Waals surface area (Å²) in [5, 5.41) is 9.49. The van der Waals surface area contributed by atoms with Crippen molar-refractivity contribution in [2.45, 2.75) is 31.8 Å². The van der Waals surface area contributed by atoms with Gasteiger partial charge in [0.15, 0.2) is 0 Å². The molecule has 1 rings (SSSR count). The van der Waals surface area contributed by atoms with Gasteiger partial charge in [0.25, 0.3) is 0 Å². The first-order valence-corrected chi connectivity index (χ1v) is 8.15. The normalized spacial score (nSPS) is 11.9. The summed E-state index contributed by atoms with van der Waals surface area (Å²) in [7, 11) is -2.37. The Morgan fingerprint density at radius 1 is 1.40 bits per heavy atom. The van der Waals surface area contributed by atoms with Crippen LogP contribution in [0.1, 0.15) is 25.8 Å². The molecule has 114 valence electrons. The van der Waals surface area contributed by atoms with Crippen LogP contribution in [0.2, 0.25) is 5.02 Å². The van der Waals surface area contributed by atoms with Crippen LogP contribution in [0.15, 0.2) is 17.0 Å². The third-order valence-corrected chi connectivity index (χ3v) is 4.46. The molecule has 0 amide bonds. The second kappa shape index (κ2) is 7.26. The number of hydrogen-bond donors (Lipinski definition) is 2. The summed E-state index contributed by atoms with van der Waals surface area (Å²) >= 11 is 5.89. The first kappa shape index (κ1) is 17.2. The Morgan fingerprint density at radius 2 is 2.05 bits per heavy atom. The van der Waals surface area contributed by atoms with Crippen LogP contribution in [0.4, 0.5) is 0 Å². The van der Waals surface area contributed by atoms with Gasteiger partial charge in [0, 0.05) is 17.1 Å². The zero-order chi connectivity index (χ0) is 15.3. The molecule has 7 heteroatoms. The predicted molar refractivity (Wildman–Crippen MR) is 78.6 cm³/mol. The van der Waals surface area contributed by atoms with E-state index in [0.29, 0.717) is 18.0 Å². The van der Waals surface area contributed by atoms with E-state index in [-0.39, 0.29) is 22.3 Å². The summed E-state index contributed by atoms with van der Waals surface area (Å²) in [6.45, 7) is 4.01. The molecule has 0 bridgehead atoms. The molecule has 0 aliphatic rings. The third kappa shape index (κ3) is 4.34. The molecule has 0 aliphatic heterocycles. The Morgan fingerprint density at radius 3 is 2.55 bits per heavy atom. The molecule has 0 aliphatic carbocycles. The van der Waals surface area contributed by atoms with Crippen molar-refractivity contribution in [2.24, 2.45) is 5.92 Å². The molecule has 1 aromatic carbocycles. The Labute approximate surface area is 125 Å². The predicted octanol–water partition coefficient (Wildman–Crippen LogP) is 2.17. The van der Waals surface area contributed by atoms with E-state index < -0.39 is 10.0 Å². The summed E-state index contributed by atoms with van der Waals surface area (Å²) in [4.78, 5) is -0.0553. The van der Waals surface area contributed by atoms with Crippen molar-refractivity contribution in [1.82, 2.24) is 4.72 Å². The molecule has 20 heavy (non-hydrogen) atoms. The van der Waals surface area contributed by atoms with Crippen LogP contribution in [-0.2, 0) is 16.6 Å². The van der Waals surface area contributed by atoms with E-state index in [0.717, 1.165) is 6.42 Å². The van der Waals surface area contributed by atoms with Crippen molar-refractivity contribution in [2.75, 3.05) is 13.7 Å². The smallest absolute Gasteiger partial charge is 0.244 e. The van der Waals surface area contributed by atoms with Gasteiger partial charge < -0.3 is 9.84 Å². The van der Waals surface area contributed by atoms with Gasteiger partial charge in [-0.3, -0.25) is 0 Å². The van der Waals surface area contributed by atoms with Crippen LogP contribution in [-0.4, -0.2) is 27.2 Å². The fourth-order valence-corrected chi connectivity index (χ4v) is 3.32. The molecule has 0 fully saturated rings. The van der Waals surface area contributed by atoms with Crippen LogP contribution in [0.25, 0.3) is 0 Å². The minimum Gasteiger partial charge on any atom is -0.495 e. The molecule has 0 aromatic heterocycles. The van der Waals surface area contributed by atoms with E-state index in [4.69, 9.17) is 16.3 Å². The van der Waals surface area contributed by atoms with E-state index in [1.807, 2.05) is 13.8 Å². The Bertz CT molecular complexity index is 558. The first-order valence-electron chi connectivity index (χ1n) is 6.28. The average molecular weight is 322 g/mol. The monoisotopic (exact) mass is 321 g/mol. The highest BCUT2D eigenvalue weighted by Gasteiger charge is 2.22. The Hall–Kier alpha value is -0.820. The van der Waals surface area contributed by atoms with Crippen LogP contribution < -0.4 is 9.46 Å². The van der Waals surface area contributed by atoms with Gasteiger partial charge in [-0.15, -0.1) is 0 Å². The Balaban J connectivity index is 3.13. The average Bonchev–Trinajstić information content (AvgIpc) is 2.36. The summed E-state index contributed by atoms with van der Waals surface area (Å²) in [6.07, 6.45) is 0.731. The second-order valence-electron chi connectivity index (χ2n) is 4.83. The molecular weight excluding hydrogens is 302 g/mol. The van der Waals surface area contributed by atoms with Crippen LogP contribution in [0, 0.1) is 5.92 Å². The van der Waals surface area contributed by atoms with Gasteiger partial charge in [0.2, 0.25) is 10.0 Å². The van der Waals surface area contributed by atoms with Crippen molar-refractivity contribution in [3.05, 3.63) is 22.7 Å². The lowest BCUT2D eigenvalue weighted by Crippen LogP contribution is -2.26. The SMILES string of the molecule is COc1c(CO)cc(Cl)cc1S(=O)(=O)NCCC(C)C. The number of nitrogens with one attached hydrogen (secondary N) is 1. The number of aliphatic hydroxyl groups is 1. The maximum Gasteiger partial charge on any atom is 0.244 e. The van der Waals surface area contributed by atoms with Crippen molar-refractivity contribution >= 4 is 21.6 Å². The number of rotatable bonds is 7. The highest BCUT2D eigenvalue weighted by atomic mass is 35.5. The maximum atomic E-state index is 12.3. The van der Waals surface area contributed by atoms with Crippen molar-refractivity contribution in [1.29, 1.82) is 0 Å². The lowest BCUT2D eigenvalue weighted by Gasteiger charge is -2.14. The number of hydrogen-bond acceptors (Lipinski definition) is 4. The van der Waals surface area contributed by atoms with E-state index in [9.17, 15) is 13.5 Å². The number of benzene rings is 1. The van der Waals surface area contributed by atoms with Crippen LogP contribution in [0.3, 0.4) is 0 Å². The van der Waals surface area contributed by atoms with Crippen molar-refractivity contribution in [3.8, 4) is 5.75 Å². The van der Waals surface area contributed by atoms with Gasteiger partial charge in [-0.25, -0.2) is 13.1 Å². The fraction of sp³-hybridized carbons (Fsp3) is 0.538. The second-order valence-corrected chi connectivity index (χ2v) is 7.01. The molecule has 0 saturated carbocycles. The minimum atomic E-state index is -3.72. The van der Waals surface area contributed by atoms with Crippen molar-refractivity contribution in [3.63, 3.8) is 0 Å². The molecule has 0 radical (unpaired) electrons. The highest BCUT2D eigenvalue weighted by Crippen LogP contribution is 2.31. The summed E-state index contributed by atoms with van der Waals surface area (Å²) in [6, 6.07) is 2.80. The molecule has 0 saturated heterocycles. The third-order valence-electron chi connectivity index (χ3n) is 2.77. The maximum absolute atomic E-state index is 12.3. The lowest BCUT2D eigenvalue weighted by atomic mass is 10.1. The number of ether oxygens (including phenoxy) is 1. The zero-order valence-corrected chi connectivity index (χ0v) is 13.4. The first-order chi connectivity index (χ1) is 9.31. The van der Waals surface area contributed by atoms with Gasteiger partial charge in [-0.05, 0) is 24.5 Å². The molecule has 0 heterocycles. The number of halogens is 1. The van der Waals surface area contributed by atoms with Gasteiger partial charge >= 0.3 is 0 Å². The molecule has 0 unspecified atom stereocenters. The molecule has 0 spiro atoms. The fourth-order valence-electron chi connectivity index (χ4n) is 1.73. The summed E-state index contributed by atoms with van der Waals surface area (Å²) < 4.78 is 32.2. The molecular formula is C13H20ClNO4S. The quantitative estimate of drug-likeness (QED) is 0.807. The number of methoxy groups -OCH3 is 1. The molecule has 5 nitrogen and oxygen atoms in total. The molecule has 0 atom stereocenters. The van der Waals surface area contributed by atoms with Gasteiger partial charge in [-0.2, -0.15) is 0 Å². The van der Waals surface area contributed by atoms with Crippen LogP contribution in [0.5, 0.6) is 5.75 Å². The van der Waals surface area contributed by atoms with E-state index in [1.54, 1.807) is 0 Å². The van der Waals surface area contributed by atoms with Crippen molar-refractivity contribution < 1.29 is 18.3 Å². The van der Waals surface area contributed by atoms with Gasteiger partial charge in [0.05, 0.1) is 13.7 Å². The Kier molecular flexibility index (Phi) is 6.26. The minimum absolute atomic E-state index is 0.0553. The number of sulfonamides is 1. The van der Waals surface area contributed by atoms with E-state index >= 15 is 0 Å². The standard InChI is InChI=1S/C13H20ClNO4S/c1-9(2)4-5-15-20(17,18)12-7-11(14)6-10(8-16)13(12)19-3/h6-7,9,15-16H,4-5,8H2,1-3H3. The van der Waals surface area contributed by atoms with E-state index in [1.165, 1.54) is 19.2 Å². The van der Waals surface area contributed by atoms with Crippen LogP contribution >= 0.6 is 11.6 Å². The molecule has 2 N–H and O–H groups in total. The lowest BCUT2D eigenvalue weighted by molar-refractivity contribution is 0.272. The topological polar surface area (TPSA) is 75.6 Å². The largest absolute Gasteiger partial charge is 0.495 e. The number of aliphatic hydroxyl groups excluding tert-OH is 1.